The van der Waals surface area contributed by atoms with E-state index in [1.165, 1.54) is 45.5 Å². The third-order valence-electron chi connectivity index (χ3n) is 13.1. The Morgan fingerprint density at radius 2 is 0.770 bits per heavy atom. The van der Waals surface area contributed by atoms with Gasteiger partial charge in [0.25, 0.3) is 0 Å². The first-order valence-electron chi connectivity index (χ1n) is 21.8. The molecule has 0 amide bonds. The minimum atomic E-state index is -0.175. The number of hydrogen-bond donors (Lipinski definition) is 2. The van der Waals surface area contributed by atoms with E-state index in [4.69, 9.17) is 13.2 Å². The van der Waals surface area contributed by atoms with E-state index < -0.39 is 0 Å². The van der Waals surface area contributed by atoms with Gasteiger partial charge in [0.1, 0.15) is 0 Å². The number of rotatable bonds is 3. The molecule has 2 aliphatic carbocycles. The summed E-state index contributed by atoms with van der Waals surface area (Å²) in [4.78, 5) is 0. The molecule has 0 radical (unpaired) electrons. The van der Waals surface area contributed by atoms with Crippen LogP contribution in [0.5, 0.6) is 11.5 Å². The Bertz CT molecular complexity index is 2300. The first-order chi connectivity index (χ1) is 28.0. The standard InChI is InChI=1S/C31H38O2.C19H14.C8H18.W/c1-29(2,3)19-24-20(22-15-11-17-25(27(22)32)30(4,5)6)13-10-14-21(24)23-16-12-18-26(28(23)33)31(7,8)9;1-13-11-19(12-14(13)2)17-9-5-3-7-15(17)16-8-4-6-10-18(16)19;1-7(2,3)8(4,5)6;/h10-18,32-33H,1-9H3;1-10H,11-12H2;1-6H3;/q;-2;;. The molecule has 0 atom stereocenters. The summed E-state index contributed by atoms with van der Waals surface area (Å²) < 4.78 is 1.29. The Hall–Kier alpha value is -4.26. The first kappa shape index (κ1) is 47.8. The van der Waals surface area contributed by atoms with Crippen LogP contribution in [0, 0.1) is 29.4 Å². The van der Waals surface area contributed by atoms with Crippen molar-refractivity contribution < 1.29 is 29.6 Å². The summed E-state index contributed by atoms with van der Waals surface area (Å²) in [6.07, 6.45) is 1.68. The van der Waals surface area contributed by atoms with Crippen LogP contribution in [0.25, 0.3) is 33.4 Å². The second kappa shape index (κ2) is 17.1. The normalized spacial score (nSPS) is 14.7. The molecule has 2 N–H and O–H groups in total. The quantitative estimate of drug-likeness (QED) is 0.177. The maximum Gasteiger partial charge on any atom is -0.00613 e. The molecule has 7 rings (SSSR count). The van der Waals surface area contributed by atoms with Crippen LogP contribution in [-0.2, 0) is 35.6 Å². The number of phenols is 2. The smallest absolute Gasteiger partial charge is 0.00613 e. The number of fused-ring (bicyclic) bond motifs is 5. The SMILES string of the molecule is CC(C)(C)C(C)(C)C.CC(C)(C)[C](=[W])c1c(-c2cccc(C(C)(C)C)c2O)cccc1-c1cccc(C(C)(C)C)c1O.[CH-]=C1CC2(CC1=[CH-])c1ccccc1-c1ccccc12. The Morgan fingerprint density at radius 1 is 0.459 bits per heavy atom. The Balaban J connectivity index is 0.000000215. The summed E-state index contributed by atoms with van der Waals surface area (Å²) in [6.45, 7) is 45.2. The molecular formula is C58H70O2W-2. The molecule has 5 aromatic carbocycles. The van der Waals surface area contributed by atoms with Crippen molar-refractivity contribution in [1.82, 2.24) is 0 Å². The molecule has 0 aliphatic heterocycles. The zero-order valence-corrected chi connectivity index (χ0v) is 42.6. The molecule has 0 saturated heterocycles. The largest absolute Gasteiger partial charge is 0.390 e. The van der Waals surface area contributed by atoms with Crippen molar-refractivity contribution in [1.29, 1.82) is 0 Å². The Morgan fingerprint density at radius 3 is 1.10 bits per heavy atom. The second-order valence-corrected chi connectivity index (χ2v) is 23.8. The van der Waals surface area contributed by atoms with Gasteiger partial charge in [-0.1, -0.05) is 90.1 Å². The molecule has 1 fully saturated rings. The van der Waals surface area contributed by atoms with Crippen LogP contribution in [0.2, 0.25) is 0 Å². The topological polar surface area (TPSA) is 40.5 Å². The molecule has 0 bridgehead atoms. The molecule has 1 saturated carbocycles. The van der Waals surface area contributed by atoms with Gasteiger partial charge in [0, 0.05) is 0 Å². The van der Waals surface area contributed by atoms with Crippen LogP contribution >= 0.6 is 0 Å². The summed E-state index contributed by atoms with van der Waals surface area (Å²) >= 11 is 1.38. The van der Waals surface area contributed by atoms with Crippen molar-refractivity contribution >= 4 is 3.90 Å². The van der Waals surface area contributed by atoms with Crippen molar-refractivity contribution in [2.75, 3.05) is 0 Å². The van der Waals surface area contributed by atoms with E-state index >= 15 is 0 Å². The number of hydrogen-bond acceptors (Lipinski definition) is 2. The van der Waals surface area contributed by atoms with Gasteiger partial charge in [0.05, 0.1) is 0 Å². The van der Waals surface area contributed by atoms with Gasteiger partial charge in [-0.15, -0.1) is 12.8 Å². The van der Waals surface area contributed by atoms with E-state index in [1.807, 2.05) is 42.5 Å². The summed E-state index contributed by atoms with van der Waals surface area (Å²) in [7, 11) is 0. The number of phenolic OH excluding ortho intramolecular Hbond substituents is 2. The molecule has 0 unspecified atom stereocenters. The van der Waals surface area contributed by atoms with Crippen LogP contribution in [0.3, 0.4) is 0 Å². The van der Waals surface area contributed by atoms with Crippen LogP contribution in [0.15, 0.2) is 114 Å². The van der Waals surface area contributed by atoms with E-state index in [9.17, 15) is 10.2 Å². The monoisotopic (exact) mass is 982 g/mol. The average Bonchev–Trinajstić information content (AvgIpc) is 3.60. The Kier molecular flexibility index (Phi) is 13.4. The number of para-hydroxylation sites is 2. The average molecular weight is 983 g/mol. The molecule has 2 aliphatic rings. The maximum atomic E-state index is 11.4. The molecule has 2 nitrogen and oxygen atoms in total. The fourth-order valence-corrected chi connectivity index (χ4v) is 8.88. The predicted octanol–water partition coefficient (Wildman–Crippen LogP) is 15.7. The van der Waals surface area contributed by atoms with Crippen molar-refractivity contribution in [3.63, 3.8) is 0 Å². The molecule has 5 aromatic rings. The molecular weight excluding hydrogens is 912 g/mol. The summed E-state index contributed by atoms with van der Waals surface area (Å²) in [6, 6.07) is 35.6. The van der Waals surface area contributed by atoms with Crippen LogP contribution in [0.4, 0.5) is 0 Å². The van der Waals surface area contributed by atoms with Gasteiger partial charge in [-0.3, -0.25) is 0 Å². The van der Waals surface area contributed by atoms with Crippen LogP contribution in [0.1, 0.15) is 145 Å². The zero-order chi connectivity index (χ0) is 45.7. The minimum absolute atomic E-state index is 0.0264. The predicted molar refractivity (Wildman–Crippen MR) is 258 cm³/mol. The van der Waals surface area contributed by atoms with Crippen LogP contribution < -0.4 is 0 Å². The molecule has 3 heteroatoms. The van der Waals surface area contributed by atoms with Gasteiger partial charge in [0.2, 0.25) is 0 Å². The maximum absolute atomic E-state index is 11.4. The van der Waals surface area contributed by atoms with Crippen LogP contribution in [-0.4, -0.2) is 14.1 Å². The number of allylic oxidation sites excluding steroid dienone is 2. The number of benzene rings is 5. The van der Waals surface area contributed by atoms with Crippen molar-refractivity contribution in [2.45, 2.75) is 133 Å². The van der Waals surface area contributed by atoms with Gasteiger partial charge >= 0.3 is 217 Å². The van der Waals surface area contributed by atoms with Gasteiger partial charge in [-0.05, 0) is 38.5 Å². The fourth-order valence-electron chi connectivity index (χ4n) is 8.09. The van der Waals surface area contributed by atoms with Gasteiger partial charge in [-0.25, -0.2) is 0 Å². The third-order valence-corrected chi connectivity index (χ3v) is 16.0. The summed E-state index contributed by atoms with van der Waals surface area (Å²) in [5.74, 6) is 0.663. The molecule has 0 heterocycles. The second-order valence-electron chi connectivity index (χ2n) is 22.3. The van der Waals surface area contributed by atoms with E-state index in [1.54, 1.807) is 0 Å². The minimum Gasteiger partial charge on any atom is -0.390 e. The third kappa shape index (κ3) is 9.71. The van der Waals surface area contributed by atoms with Gasteiger partial charge in [-0.2, -0.15) is 0 Å². The van der Waals surface area contributed by atoms with E-state index in [2.05, 4.69) is 165 Å². The van der Waals surface area contributed by atoms with E-state index in [0.717, 1.165) is 62.9 Å². The zero-order valence-electron chi connectivity index (χ0n) is 39.7. The van der Waals surface area contributed by atoms with Gasteiger partial charge in [0.15, 0.2) is 0 Å². The summed E-state index contributed by atoms with van der Waals surface area (Å²) in [5, 5.41) is 22.8. The molecule has 61 heavy (non-hydrogen) atoms. The molecule has 0 aromatic heterocycles. The fraction of sp³-hybridized carbons (Fsp3) is 0.397. The van der Waals surface area contributed by atoms with E-state index in [-0.39, 0.29) is 21.7 Å². The number of aromatic hydroxyl groups is 2. The Labute approximate surface area is 380 Å². The molecule has 322 valence electrons. The summed E-state index contributed by atoms with van der Waals surface area (Å²) in [5.41, 5.74) is 14.2. The van der Waals surface area contributed by atoms with E-state index in [0.29, 0.717) is 22.3 Å². The molecule has 1 spiro atoms. The van der Waals surface area contributed by atoms with Gasteiger partial charge < -0.3 is 24.3 Å². The van der Waals surface area contributed by atoms with Crippen molar-refractivity contribution in [2.24, 2.45) is 16.2 Å². The first-order valence-corrected chi connectivity index (χ1v) is 23.2. The van der Waals surface area contributed by atoms with Crippen molar-refractivity contribution in [3.8, 4) is 44.9 Å². The van der Waals surface area contributed by atoms with Crippen molar-refractivity contribution in [3.05, 3.63) is 155 Å².